The summed E-state index contributed by atoms with van der Waals surface area (Å²) in [5, 5.41) is 9.36. The minimum absolute atomic E-state index is 0.138. The van der Waals surface area contributed by atoms with Crippen LogP contribution in [0.25, 0.3) is 11.1 Å². The Kier molecular flexibility index (Phi) is 4.80. The average molecular weight is 289 g/mol. The second kappa shape index (κ2) is 6.58. The lowest BCUT2D eigenvalue weighted by Gasteiger charge is -2.06. The summed E-state index contributed by atoms with van der Waals surface area (Å²) >= 11 is 5.88. The summed E-state index contributed by atoms with van der Waals surface area (Å²) in [5.74, 6) is -1.00. The van der Waals surface area contributed by atoms with Crippen molar-refractivity contribution in [3.63, 3.8) is 0 Å². The van der Waals surface area contributed by atoms with Crippen LogP contribution in [0, 0.1) is 0 Å². The molecule has 2 rings (SSSR count). The van der Waals surface area contributed by atoms with E-state index in [9.17, 15) is 4.79 Å². The first-order valence-electron chi connectivity index (χ1n) is 6.74. The number of unbranched alkanes of at least 4 members (excludes halogenated alkanes) is 1. The second-order valence-electron chi connectivity index (χ2n) is 4.80. The first-order chi connectivity index (χ1) is 9.61. The SMILES string of the molecule is CCCCc1ccc(-c2ccc(Cl)c(C(=O)O)c2)cc1. The van der Waals surface area contributed by atoms with Crippen LogP contribution in [-0.2, 0) is 6.42 Å². The van der Waals surface area contributed by atoms with E-state index in [0.717, 1.165) is 17.5 Å². The topological polar surface area (TPSA) is 37.3 Å². The number of carboxylic acid groups (broad SMARTS) is 1. The van der Waals surface area contributed by atoms with Crippen molar-refractivity contribution in [3.05, 3.63) is 58.6 Å². The molecule has 2 aromatic rings. The first kappa shape index (κ1) is 14.6. The molecule has 0 bridgehead atoms. The number of aryl methyl sites for hydroxylation is 1. The van der Waals surface area contributed by atoms with Gasteiger partial charge in [0.05, 0.1) is 10.6 Å². The van der Waals surface area contributed by atoms with Gasteiger partial charge in [0.1, 0.15) is 0 Å². The molecule has 1 N–H and O–H groups in total. The van der Waals surface area contributed by atoms with Gasteiger partial charge >= 0.3 is 5.97 Å². The second-order valence-corrected chi connectivity index (χ2v) is 5.21. The van der Waals surface area contributed by atoms with Crippen LogP contribution in [0.1, 0.15) is 35.7 Å². The number of aromatic carboxylic acids is 1. The maximum atomic E-state index is 11.1. The number of halogens is 1. The van der Waals surface area contributed by atoms with E-state index in [2.05, 4.69) is 19.1 Å². The quantitative estimate of drug-likeness (QED) is 0.836. The van der Waals surface area contributed by atoms with Gasteiger partial charge in [-0.05, 0) is 41.7 Å². The monoisotopic (exact) mass is 288 g/mol. The summed E-state index contributed by atoms with van der Waals surface area (Å²) in [6, 6.07) is 13.3. The first-order valence-corrected chi connectivity index (χ1v) is 7.11. The Morgan fingerprint density at radius 1 is 1.10 bits per heavy atom. The van der Waals surface area contributed by atoms with E-state index in [1.54, 1.807) is 12.1 Å². The van der Waals surface area contributed by atoms with E-state index in [1.807, 2.05) is 18.2 Å². The van der Waals surface area contributed by atoms with E-state index >= 15 is 0 Å². The zero-order chi connectivity index (χ0) is 14.5. The Hall–Kier alpha value is -1.80. The van der Waals surface area contributed by atoms with E-state index < -0.39 is 5.97 Å². The van der Waals surface area contributed by atoms with E-state index in [-0.39, 0.29) is 10.6 Å². The molecule has 0 aliphatic carbocycles. The molecule has 0 spiro atoms. The third kappa shape index (κ3) is 3.40. The summed E-state index contributed by atoms with van der Waals surface area (Å²) < 4.78 is 0. The molecule has 3 heteroatoms. The van der Waals surface area contributed by atoms with Crippen molar-refractivity contribution >= 4 is 17.6 Å². The maximum Gasteiger partial charge on any atom is 0.337 e. The van der Waals surface area contributed by atoms with Crippen LogP contribution < -0.4 is 0 Å². The summed E-state index contributed by atoms with van der Waals surface area (Å²) in [7, 11) is 0. The summed E-state index contributed by atoms with van der Waals surface area (Å²) in [4.78, 5) is 11.1. The van der Waals surface area contributed by atoms with Gasteiger partial charge in [0.15, 0.2) is 0 Å². The van der Waals surface area contributed by atoms with Crippen LogP contribution in [0.15, 0.2) is 42.5 Å². The van der Waals surface area contributed by atoms with Gasteiger partial charge in [0.2, 0.25) is 0 Å². The number of carboxylic acids is 1. The fourth-order valence-electron chi connectivity index (χ4n) is 2.11. The summed E-state index contributed by atoms with van der Waals surface area (Å²) in [6.07, 6.45) is 3.45. The van der Waals surface area contributed by atoms with Gasteiger partial charge in [0, 0.05) is 0 Å². The van der Waals surface area contributed by atoms with Gasteiger partial charge < -0.3 is 5.11 Å². The zero-order valence-electron chi connectivity index (χ0n) is 11.4. The summed E-state index contributed by atoms with van der Waals surface area (Å²) in [6.45, 7) is 2.18. The normalized spacial score (nSPS) is 10.5. The molecule has 20 heavy (non-hydrogen) atoms. The number of hydrogen-bond donors (Lipinski definition) is 1. The highest BCUT2D eigenvalue weighted by atomic mass is 35.5. The minimum atomic E-state index is -1.00. The molecule has 0 unspecified atom stereocenters. The molecular formula is C17H17ClO2. The summed E-state index contributed by atoms with van der Waals surface area (Å²) in [5.41, 5.74) is 3.32. The molecule has 0 amide bonds. The molecule has 0 aliphatic heterocycles. The van der Waals surface area contributed by atoms with Gasteiger partial charge in [-0.25, -0.2) is 4.79 Å². The van der Waals surface area contributed by atoms with Gasteiger partial charge in [0.25, 0.3) is 0 Å². The number of carbonyl (C=O) groups is 1. The van der Waals surface area contributed by atoms with Crippen LogP contribution in [-0.4, -0.2) is 11.1 Å². The highest BCUT2D eigenvalue weighted by molar-refractivity contribution is 6.33. The Morgan fingerprint density at radius 2 is 1.75 bits per heavy atom. The standard InChI is InChI=1S/C17H17ClO2/c1-2-3-4-12-5-7-13(8-6-12)14-9-10-16(18)15(11-14)17(19)20/h5-11H,2-4H2,1H3,(H,19,20). The number of rotatable bonds is 5. The lowest BCUT2D eigenvalue weighted by Crippen LogP contribution is -1.97. The molecule has 0 heterocycles. The Labute approximate surface area is 124 Å². The van der Waals surface area contributed by atoms with Crippen molar-refractivity contribution in [1.82, 2.24) is 0 Å². The molecule has 0 saturated heterocycles. The zero-order valence-corrected chi connectivity index (χ0v) is 12.2. The molecule has 0 atom stereocenters. The molecular weight excluding hydrogens is 272 g/mol. The van der Waals surface area contributed by atoms with Gasteiger partial charge in [-0.3, -0.25) is 0 Å². The average Bonchev–Trinajstić information content (AvgIpc) is 2.46. The van der Waals surface area contributed by atoms with Gasteiger partial charge in [-0.15, -0.1) is 0 Å². The predicted octanol–water partition coefficient (Wildman–Crippen LogP) is 5.05. The molecule has 2 nitrogen and oxygen atoms in total. The largest absolute Gasteiger partial charge is 0.478 e. The van der Waals surface area contributed by atoms with Crippen molar-refractivity contribution in [2.45, 2.75) is 26.2 Å². The van der Waals surface area contributed by atoms with E-state index in [4.69, 9.17) is 16.7 Å². The van der Waals surface area contributed by atoms with E-state index in [1.165, 1.54) is 18.4 Å². The van der Waals surface area contributed by atoms with Gasteiger partial charge in [-0.1, -0.05) is 55.3 Å². The lowest BCUT2D eigenvalue weighted by atomic mass is 10.00. The fraction of sp³-hybridized carbons (Fsp3) is 0.235. The van der Waals surface area contributed by atoms with Crippen LogP contribution >= 0.6 is 11.6 Å². The van der Waals surface area contributed by atoms with Crippen LogP contribution in [0.5, 0.6) is 0 Å². The Balaban J connectivity index is 2.27. The van der Waals surface area contributed by atoms with Crippen molar-refractivity contribution < 1.29 is 9.90 Å². The van der Waals surface area contributed by atoms with Crippen molar-refractivity contribution in [1.29, 1.82) is 0 Å². The van der Waals surface area contributed by atoms with Crippen molar-refractivity contribution in [3.8, 4) is 11.1 Å². The third-order valence-corrected chi connectivity index (χ3v) is 3.63. The highest BCUT2D eigenvalue weighted by Crippen LogP contribution is 2.25. The molecule has 104 valence electrons. The third-order valence-electron chi connectivity index (χ3n) is 3.30. The molecule has 0 saturated carbocycles. The number of hydrogen-bond acceptors (Lipinski definition) is 1. The lowest BCUT2D eigenvalue weighted by molar-refractivity contribution is 0.0697. The molecule has 0 fully saturated rings. The Morgan fingerprint density at radius 3 is 2.35 bits per heavy atom. The van der Waals surface area contributed by atoms with Crippen LogP contribution in [0.3, 0.4) is 0 Å². The molecule has 0 radical (unpaired) electrons. The van der Waals surface area contributed by atoms with Crippen molar-refractivity contribution in [2.24, 2.45) is 0 Å². The van der Waals surface area contributed by atoms with Crippen LogP contribution in [0.4, 0.5) is 0 Å². The predicted molar refractivity (Wildman–Crippen MR) is 82.5 cm³/mol. The van der Waals surface area contributed by atoms with Crippen molar-refractivity contribution in [2.75, 3.05) is 0 Å². The van der Waals surface area contributed by atoms with E-state index in [0.29, 0.717) is 0 Å². The highest BCUT2D eigenvalue weighted by Gasteiger charge is 2.10. The molecule has 0 aromatic heterocycles. The maximum absolute atomic E-state index is 11.1. The van der Waals surface area contributed by atoms with Crippen LogP contribution in [0.2, 0.25) is 5.02 Å². The number of benzene rings is 2. The van der Waals surface area contributed by atoms with Gasteiger partial charge in [-0.2, -0.15) is 0 Å². The minimum Gasteiger partial charge on any atom is -0.478 e. The Bertz CT molecular complexity index is 603. The fourth-order valence-corrected chi connectivity index (χ4v) is 2.31. The smallest absolute Gasteiger partial charge is 0.337 e. The molecule has 2 aromatic carbocycles. The molecule has 0 aliphatic rings.